The molecule has 0 fully saturated rings. The first kappa shape index (κ1) is 12.0. The van der Waals surface area contributed by atoms with Crippen LogP contribution >= 0.6 is 0 Å². The molecule has 0 unspecified atom stereocenters. The van der Waals surface area contributed by atoms with E-state index in [9.17, 15) is 27.7 Å². The number of alkyl halides is 3. The lowest BCUT2D eigenvalue weighted by Crippen LogP contribution is -2.18. The van der Waals surface area contributed by atoms with Gasteiger partial charge in [-0.3, -0.25) is 10.1 Å². The van der Waals surface area contributed by atoms with Gasteiger partial charge in [0.05, 0.1) is 11.0 Å². The summed E-state index contributed by atoms with van der Waals surface area (Å²) in [5.41, 5.74) is 3.61. The van der Waals surface area contributed by atoms with Crippen LogP contribution in [-0.4, -0.2) is 11.3 Å². The molecule has 2 N–H and O–H groups in total. The third-order valence-electron chi connectivity index (χ3n) is 1.50. The fraction of sp³-hybridized carbons (Fsp3) is 0.143. The molecule has 0 saturated carbocycles. The van der Waals surface area contributed by atoms with Gasteiger partial charge in [0.2, 0.25) is 0 Å². The summed E-state index contributed by atoms with van der Waals surface area (Å²) in [7, 11) is 0. The predicted molar refractivity (Wildman–Crippen MR) is 44.1 cm³/mol. The molecule has 0 aromatic heterocycles. The number of benzene rings is 1. The Morgan fingerprint density at radius 3 is 2.38 bits per heavy atom. The van der Waals surface area contributed by atoms with Crippen LogP contribution in [0.4, 0.5) is 28.9 Å². The van der Waals surface area contributed by atoms with Crippen molar-refractivity contribution in [3.8, 4) is 5.75 Å². The zero-order valence-electron chi connectivity index (χ0n) is 7.42. The second-order valence-corrected chi connectivity index (χ2v) is 2.65. The van der Waals surface area contributed by atoms with Gasteiger partial charge < -0.3 is 10.5 Å². The lowest BCUT2D eigenvalue weighted by molar-refractivity contribution is -0.384. The van der Waals surface area contributed by atoms with Gasteiger partial charge >= 0.3 is 6.36 Å². The maximum atomic E-state index is 12.9. The number of nitro groups is 1. The van der Waals surface area contributed by atoms with E-state index in [-0.39, 0.29) is 6.07 Å². The van der Waals surface area contributed by atoms with Gasteiger partial charge in [-0.25, -0.2) is 4.39 Å². The minimum Gasteiger partial charge on any atom is -0.403 e. The van der Waals surface area contributed by atoms with Gasteiger partial charge in [0.25, 0.3) is 5.69 Å². The van der Waals surface area contributed by atoms with E-state index in [1.54, 1.807) is 0 Å². The van der Waals surface area contributed by atoms with Gasteiger partial charge in [-0.05, 0) is 0 Å². The fourth-order valence-corrected chi connectivity index (χ4v) is 0.920. The standard InChI is InChI=1S/C7H4F4N2O3/c8-3-1-5(13(14)15)4(12)2-6(3)16-7(9,10)11/h1-2H,12H2. The molecule has 88 valence electrons. The van der Waals surface area contributed by atoms with Crippen molar-refractivity contribution >= 4 is 11.4 Å². The Balaban J connectivity index is 3.16. The highest BCUT2D eigenvalue weighted by Crippen LogP contribution is 2.32. The molecule has 0 heterocycles. The van der Waals surface area contributed by atoms with Gasteiger partial charge in [0.1, 0.15) is 5.69 Å². The van der Waals surface area contributed by atoms with E-state index in [4.69, 9.17) is 5.73 Å². The number of hydrogen-bond donors (Lipinski definition) is 1. The van der Waals surface area contributed by atoms with Crippen LogP contribution in [-0.2, 0) is 0 Å². The first-order valence-corrected chi connectivity index (χ1v) is 3.70. The average molecular weight is 240 g/mol. The van der Waals surface area contributed by atoms with Crippen molar-refractivity contribution in [1.29, 1.82) is 0 Å². The van der Waals surface area contributed by atoms with Crippen LogP contribution in [0.15, 0.2) is 12.1 Å². The maximum absolute atomic E-state index is 12.9. The summed E-state index contributed by atoms with van der Waals surface area (Å²) >= 11 is 0. The quantitative estimate of drug-likeness (QED) is 0.372. The number of nitrogens with zero attached hydrogens (tertiary/aromatic N) is 1. The Bertz CT molecular complexity index is 432. The van der Waals surface area contributed by atoms with E-state index < -0.39 is 34.2 Å². The van der Waals surface area contributed by atoms with Crippen molar-refractivity contribution < 1.29 is 27.2 Å². The van der Waals surface area contributed by atoms with E-state index >= 15 is 0 Å². The SMILES string of the molecule is Nc1cc(OC(F)(F)F)c(F)cc1[N+](=O)[O-]. The third kappa shape index (κ3) is 2.72. The highest BCUT2D eigenvalue weighted by Gasteiger charge is 2.33. The molecule has 0 aliphatic carbocycles. The van der Waals surface area contributed by atoms with E-state index in [2.05, 4.69) is 4.74 Å². The minimum absolute atomic E-state index is 0.260. The summed E-state index contributed by atoms with van der Waals surface area (Å²) in [6.07, 6.45) is -5.09. The molecule has 0 amide bonds. The van der Waals surface area contributed by atoms with Crippen molar-refractivity contribution in [3.63, 3.8) is 0 Å². The van der Waals surface area contributed by atoms with Crippen LogP contribution in [0.5, 0.6) is 5.75 Å². The molecule has 1 rings (SSSR count). The molecule has 0 spiro atoms. The molecule has 0 bridgehead atoms. The Morgan fingerprint density at radius 2 is 1.94 bits per heavy atom. The van der Waals surface area contributed by atoms with Gasteiger partial charge in [-0.2, -0.15) is 0 Å². The Kier molecular flexibility index (Phi) is 2.88. The molecule has 0 saturated heterocycles. The van der Waals surface area contributed by atoms with Crippen molar-refractivity contribution in [2.45, 2.75) is 6.36 Å². The van der Waals surface area contributed by atoms with Gasteiger partial charge in [0.15, 0.2) is 11.6 Å². The Labute approximate surface area is 85.6 Å². The summed E-state index contributed by atoms with van der Waals surface area (Å²) in [6.45, 7) is 0. The minimum atomic E-state index is -5.09. The normalized spacial score (nSPS) is 11.2. The number of nitrogen functional groups attached to an aromatic ring is 1. The highest BCUT2D eigenvalue weighted by atomic mass is 19.4. The smallest absolute Gasteiger partial charge is 0.403 e. The zero-order valence-corrected chi connectivity index (χ0v) is 7.42. The van der Waals surface area contributed by atoms with Crippen LogP contribution in [0.25, 0.3) is 0 Å². The topological polar surface area (TPSA) is 78.4 Å². The number of hydrogen-bond acceptors (Lipinski definition) is 4. The number of nitrogens with two attached hydrogens (primary N) is 1. The summed E-state index contributed by atoms with van der Waals surface area (Å²) in [5, 5.41) is 10.3. The molecule has 0 atom stereocenters. The second-order valence-electron chi connectivity index (χ2n) is 2.65. The van der Waals surface area contributed by atoms with E-state index in [0.29, 0.717) is 6.07 Å². The van der Waals surface area contributed by atoms with Gasteiger partial charge in [-0.15, -0.1) is 13.2 Å². The molecule has 16 heavy (non-hydrogen) atoms. The van der Waals surface area contributed by atoms with Crippen molar-refractivity contribution in [2.24, 2.45) is 0 Å². The van der Waals surface area contributed by atoms with Gasteiger partial charge in [0, 0.05) is 6.07 Å². The summed E-state index contributed by atoms with van der Waals surface area (Å²) in [4.78, 5) is 9.25. The van der Waals surface area contributed by atoms with Gasteiger partial charge in [-0.1, -0.05) is 0 Å². The summed E-state index contributed by atoms with van der Waals surface area (Å²) in [6, 6.07) is 0.664. The molecule has 9 heteroatoms. The van der Waals surface area contributed by atoms with Crippen LogP contribution in [0.3, 0.4) is 0 Å². The lowest BCUT2D eigenvalue weighted by atomic mass is 10.2. The fourth-order valence-electron chi connectivity index (χ4n) is 0.920. The number of rotatable bonds is 2. The second kappa shape index (κ2) is 3.83. The molecular weight excluding hydrogens is 236 g/mol. The van der Waals surface area contributed by atoms with E-state index in [1.807, 2.05) is 0 Å². The molecule has 5 nitrogen and oxygen atoms in total. The number of ether oxygens (including phenoxy) is 1. The zero-order chi connectivity index (χ0) is 12.5. The average Bonchev–Trinajstić information content (AvgIpc) is 2.07. The van der Waals surface area contributed by atoms with Crippen molar-refractivity contribution in [2.75, 3.05) is 5.73 Å². The summed E-state index contributed by atoms with van der Waals surface area (Å²) in [5.74, 6) is -2.73. The number of halogens is 4. The molecule has 0 aliphatic rings. The predicted octanol–water partition coefficient (Wildman–Crippen LogP) is 2.21. The lowest BCUT2D eigenvalue weighted by Gasteiger charge is -2.09. The van der Waals surface area contributed by atoms with Crippen molar-refractivity contribution in [1.82, 2.24) is 0 Å². The van der Waals surface area contributed by atoms with E-state index in [1.165, 1.54) is 0 Å². The third-order valence-corrected chi connectivity index (χ3v) is 1.50. The summed E-state index contributed by atoms with van der Waals surface area (Å²) < 4.78 is 51.5. The number of nitro benzene ring substituents is 1. The molecule has 0 aliphatic heterocycles. The first-order chi connectivity index (χ1) is 7.20. The van der Waals surface area contributed by atoms with E-state index in [0.717, 1.165) is 0 Å². The largest absolute Gasteiger partial charge is 0.573 e. The maximum Gasteiger partial charge on any atom is 0.573 e. The number of anilines is 1. The van der Waals surface area contributed by atoms with Crippen LogP contribution in [0.2, 0.25) is 0 Å². The molecule has 1 aromatic rings. The molecular formula is C7H4F4N2O3. The Hall–Kier alpha value is -2.06. The van der Waals surface area contributed by atoms with Crippen LogP contribution in [0, 0.1) is 15.9 Å². The molecule has 0 radical (unpaired) electrons. The first-order valence-electron chi connectivity index (χ1n) is 3.70. The Morgan fingerprint density at radius 1 is 1.38 bits per heavy atom. The van der Waals surface area contributed by atoms with Crippen LogP contribution < -0.4 is 10.5 Å². The highest BCUT2D eigenvalue weighted by molar-refractivity contribution is 5.61. The van der Waals surface area contributed by atoms with Crippen molar-refractivity contribution in [3.05, 3.63) is 28.1 Å². The van der Waals surface area contributed by atoms with Crippen LogP contribution in [0.1, 0.15) is 0 Å². The monoisotopic (exact) mass is 240 g/mol. The molecule has 1 aromatic carbocycles.